The summed E-state index contributed by atoms with van der Waals surface area (Å²) in [6.07, 6.45) is 0. The molecule has 2 N–H and O–H groups in total. The lowest BCUT2D eigenvalue weighted by Crippen LogP contribution is -2.12. The van der Waals surface area contributed by atoms with E-state index in [1.165, 1.54) is 0 Å². The van der Waals surface area contributed by atoms with E-state index in [9.17, 15) is 4.79 Å². The highest BCUT2D eigenvalue weighted by atomic mass is 35.5. The highest BCUT2D eigenvalue weighted by Gasteiger charge is 2.00. The summed E-state index contributed by atoms with van der Waals surface area (Å²) in [5, 5.41) is 0. The van der Waals surface area contributed by atoms with Crippen molar-refractivity contribution in [1.82, 2.24) is 0 Å². The van der Waals surface area contributed by atoms with Gasteiger partial charge in [-0.25, -0.2) is 0 Å². The molecule has 0 spiro atoms. The van der Waals surface area contributed by atoms with E-state index in [-0.39, 0.29) is 18.3 Å². The molecule has 0 bridgehead atoms. The molecular formula is C8H10ClNO. The highest BCUT2D eigenvalue weighted by Crippen LogP contribution is 2.04. The maximum atomic E-state index is 10.6. The highest BCUT2D eigenvalue weighted by molar-refractivity contribution is 5.94. The van der Waals surface area contributed by atoms with Crippen LogP contribution >= 0.6 is 12.4 Å². The van der Waals surface area contributed by atoms with Crippen molar-refractivity contribution in [3.8, 4) is 0 Å². The zero-order valence-corrected chi connectivity index (χ0v) is 7.02. The van der Waals surface area contributed by atoms with Gasteiger partial charge in [0, 0.05) is 5.56 Å². The Morgan fingerprint density at radius 2 is 1.91 bits per heavy atom. The molecule has 0 fully saturated rings. The van der Waals surface area contributed by atoms with E-state index in [0.717, 1.165) is 5.56 Å². The molecule has 1 rings (SSSR count). The molecule has 0 radical (unpaired) electrons. The van der Waals surface area contributed by atoms with Crippen molar-refractivity contribution in [3.05, 3.63) is 35.4 Å². The van der Waals surface area contributed by atoms with Crippen LogP contribution in [0.1, 0.15) is 15.9 Å². The topological polar surface area (TPSA) is 43.1 Å². The van der Waals surface area contributed by atoms with Crippen molar-refractivity contribution in [2.24, 2.45) is 5.73 Å². The monoisotopic (exact) mass is 171 g/mol. The molecule has 2 nitrogen and oxygen atoms in total. The molecule has 0 unspecified atom stereocenters. The Morgan fingerprint density at radius 1 is 1.36 bits per heavy atom. The number of hydrogen-bond acceptors (Lipinski definition) is 1. The Hall–Kier alpha value is -1.02. The van der Waals surface area contributed by atoms with Crippen LogP contribution in [0.25, 0.3) is 0 Å². The van der Waals surface area contributed by atoms with Crippen LogP contribution < -0.4 is 5.73 Å². The standard InChI is InChI=1S/C8H9NO.ClH/c1-6-4-2-3-5-7(6)8(9)10;/h2-5H,1H3,(H2,9,10);1H. The van der Waals surface area contributed by atoms with Crippen LogP contribution in [0.15, 0.2) is 24.3 Å². The van der Waals surface area contributed by atoms with E-state index in [0.29, 0.717) is 5.56 Å². The zero-order valence-electron chi connectivity index (χ0n) is 6.20. The van der Waals surface area contributed by atoms with Crippen LogP contribution in [-0.4, -0.2) is 5.91 Å². The number of carbonyl (C=O) groups is 1. The third kappa shape index (κ3) is 2.24. The molecule has 0 aliphatic rings. The molecule has 1 aromatic carbocycles. The van der Waals surface area contributed by atoms with E-state index in [1.807, 2.05) is 19.1 Å². The van der Waals surface area contributed by atoms with E-state index in [1.54, 1.807) is 12.1 Å². The number of halogens is 1. The molecule has 0 atom stereocenters. The Morgan fingerprint density at radius 3 is 2.27 bits per heavy atom. The minimum Gasteiger partial charge on any atom is -0.366 e. The van der Waals surface area contributed by atoms with Crippen LogP contribution in [0, 0.1) is 6.92 Å². The van der Waals surface area contributed by atoms with Crippen LogP contribution in [0.5, 0.6) is 0 Å². The first-order chi connectivity index (χ1) is 4.72. The fourth-order valence-corrected chi connectivity index (χ4v) is 0.849. The van der Waals surface area contributed by atoms with Gasteiger partial charge in [0.05, 0.1) is 0 Å². The van der Waals surface area contributed by atoms with E-state index >= 15 is 0 Å². The summed E-state index contributed by atoms with van der Waals surface area (Å²) in [6.45, 7) is 1.86. The molecule has 60 valence electrons. The molecule has 0 aliphatic heterocycles. The first kappa shape index (κ1) is 9.98. The van der Waals surface area contributed by atoms with Crippen molar-refractivity contribution >= 4 is 18.3 Å². The predicted molar refractivity (Wildman–Crippen MR) is 46.9 cm³/mol. The van der Waals surface area contributed by atoms with Gasteiger partial charge in [-0.05, 0) is 18.6 Å². The fraction of sp³-hybridized carbons (Fsp3) is 0.125. The van der Waals surface area contributed by atoms with Crippen LogP contribution in [0.4, 0.5) is 0 Å². The Bertz CT molecular complexity index is 260. The summed E-state index contributed by atoms with van der Waals surface area (Å²) >= 11 is 0. The zero-order chi connectivity index (χ0) is 7.56. The quantitative estimate of drug-likeness (QED) is 0.684. The van der Waals surface area contributed by atoms with E-state index < -0.39 is 0 Å². The van der Waals surface area contributed by atoms with Gasteiger partial charge in [-0.2, -0.15) is 0 Å². The van der Waals surface area contributed by atoms with Gasteiger partial charge in [-0.1, -0.05) is 18.2 Å². The molecule has 3 heteroatoms. The van der Waals surface area contributed by atoms with Gasteiger partial charge in [0.1, 0.15) is 0 Å². The second-order valence-electron chi connectivity index (χ2n) is 2.18. The normalized spacial score (nSPS) is 8.45. The average molecular weight is 172 g/mol. The molecule has 1 aromatic rings. The van der Waals surface area contributed by atoms with Gasteiger partial charge < -0.3 is 5.73 Å². The van der Waals surface area contributed by atoms with Gasteiger partial charge in [-0.15, -0.1) is 12.4 Å². The van der Waals surface area contributed by atoms with Crippen molar-refractivity contribution in [3.63, 3.8) is 0 Å². The second-order valence-corrected chi connectivity index (χ2v) is 2.18. The average Bonchev–Trinajstić information content (AvgIpc) is 1.88. The van der Waals surface area contributed by atoms with E-state index in [2.05, 4.69) is 0 Å². The lowest BCUT2D eigenvalue weighted by Gasteiger charge is -1.97. The number of hydrogen-bond donors (Lipinski definition) is 1. The molecule has 0 aromatic heterocycles. The number of amides is 1. The number of nitrogens with two attached hydrogens (primary N) is 1. The molecular weight excluding hydrogens is 162 g/mol. The largest absolute Gasteiger partial charge is 0.366 e. The predicted octanol–water partition coefficient (Wildman–Crippen LogP) is 1.52. The Kier molecular flexibility index (Phi) is 3.61. The Labute approximate surface area is 71.8 Å². The Balaban J connectivity index is 0.000001000. The van der Waals surface area contributed by atoms with Crippen LogP contribution in [0.2, 0.25) is 0 Å². The molecule has 0 saturated heterocycles. The molecule has 1 amide bonds. The third-order valence-corrected chi connectivity index (χ3v) is 1.41. The summed E-state index contributed by atoms with van der Waals surface area (Å²) < 4.78 is 0. The lowest BCUT2D eigenvalue weighted by atomic mass is 10.1. The summed E-state index contributed by atoms with van der Waals surface area (Å²) in [5.74, 6) is -0.363. The van der Waals surface area contributed by atoms with Crippen molar-refractivity contribution in [1.29, 1.82) is 0 Å². The van der Waals surface area contributed by atoms with Crippen molar-refractivity contribution in [2.45, 2.75) is 6.92 Å². The molecule has 0 heterocycles. The summed E-state index contributed by atoms with van der Waals surface area (Å²) in [5.41, 5.74) is 6.60. The number of carbonyl (C=O) groups excluding carboxylic acids is 1. The number of benzene rings is 1. The van der Waals surface area contributed by atoms with Gasteiger partial charge in [0.25, 0.3) is 0 Å². The smallest absolute Gasteiger partial charge is 0.248 e. The molecule has 0 saturated carbocycles. The lowest BCUT2D eigenvalue weighted by molar-refractivity contribution is 0.1000. The van der Waals surface area contributed by atoms with Gasteiger partial charge in [-0.3, -0.25) is 4.79 Å². The van der Waals surface area contributed by atoms with Crippen molar-refractivity contribution < 1.29 is 4.79 Å². The number of primary amides is 1. The summed E-state index contributed by atoms with van der Waals surface area (Å²) in [4.78, 5) is 10.6. The summed E-state index contributed by atoms with van der Waals surface area (Å²) in [6, 6.07) is 7.26. The first-order valence-electron chi connectivity index (χ1n) is 3.07. The maximum absolute atomic E-state index is 10.6. The third-order valence-electron chi connectivity index (χ3n) is 1.41. The minimum atomic E-state index is -0.363. The minimum absolute atomic E-state index is 0. The SMILES string of the molecule is Cc1ccccc1C(N)=O.Cl. The van der Waals surface area contributed by atoms with E-state index in [4.69, 9.17) is 5.73 Å². The number of aryl methyl sites for hydroxylation is 1. The maximum Gasteiger partial charge on any atom is 0.248 e. The van der Waals surface area contributed by atoms with Crippen molar-refractivity contribution in [2.75, 3.05) is 0 Å². The molecule has 0 aliphatic carbocycles. The summed E-state index contributed by atoms with van der Waals surface area (Å²) in [7, 11) is 0. The van der Waals surface area contributed by atoms with Gasteiger partial charge in [0.15, 0.2) is 0 Å². The fourth-order valence-electron chi connectivity index (χ4n) is 0.849. The molecule has 11 heavy (non-hydrogen) atoms. The first-order valence-corrected chi connectivity index (χ1v) is 3.07. The van der Waals surface area contributed by atoms with Crippen LogP contribution in [-0.2, 0) is 0 Å². The van der Waals surface area contributed by atoms with Gasteiger partial charge in [0.2, 0.25) is 5.91 Å². The van der Waals surface area contributed by atoms with Gasteiger partial charge >= 0.3 is 0 Å². The number of rotatable bonds is 1. The van der Waals surface area contributed by atoms with Crippen LogP contribution in [0.3, 0.4) is 0 Å². The second kappa shape index (κ2) is 3.98.